The van der Waals surface area contributed by atoms with Crippen LogP contribution in [0.2, 0.25) is 0 Å². The normalized spacial score (nSPS) is 24.0. The molecule has 2 rings (SSSR count). The van der Waals surface area contributed by atoms with Gasteiger partial charge in [0.1, 0.15) is 5.01 Å². The SMILES string of the molecule is CC(N)Cc1cnc(C2CCCCS2)s1. The quantitative estimate of drug-likeness (QED) is 0.885. The van der Waals surface area contributed by atoms with E-state index in [4.69, 9.17) is 5.73 Å². The van der Waals surface area contributed by atoms with Crippen LogP contribution in [0.25, 0.3) is 0 Å². The van der Waals surface area contributed by atoms with Gasteiger partial charge in [-0.05, 0) is 31.9 Å². The summed E-state index contributed by atoms with van der Waals surface area (Å²) in [5, 5.41) is 1.97. The van der Waals surface area contributed by atoms with E-state index >= 15 is 0 Å². The van der Waals surface area contributed by atoms with Gasteiger partial charge >= 0.3 is 0 Å². The summed E-state index contributed by atoms with van der Waals surface area (Å²) in [6, 6.07) is 0.248. The zero-order chi connectivity index (χ0) is 10.7. The fourth-order valence-corrected chi connectivity index (χ4v) is 4.43. The second kappa shape index (κ2) is 5.32. The maximum Gasteiger partial charge on any atom is 0.106 e. The van der Waals surface area contributed by atoms with Gasteiger partial charge in [0, 0.05) is 17.1 Å². The fraction of sp³-hybridized carbons (Fsp3) is 0.727. The van der Waals surface area contributed by atoms with E-state index in [1.807, 2.05) is 17.5 Å². The van der Waals surface area contributed by atoms with Crippen molar-refractivity contribution in [1.82, 2.24) is 4.98 Å². The van der Waals surface area contributed by atoms with E-state index in [0.717, 1.165) is 6.42 Å². The Bertz CT molecular complexity index is 303. The summed E-state index contributed by atoms with van der Waals surface area (Å²) in [4.78, 5) is 5.87. The van der Waals surface area contributed by atoms with E-state index in [-0.39, 0.29) is 6.04 Å². The predicted molar refractivity (Wildman–Crippen MR) is 68.5 cm³/mol. The molecule has 2 nitrogen and oxygen atoms in total. The molecule has 0 aliphatic carbocycles. The molecule has 1 aliphatic rings. The van der Waals surface area contributed by atoms with Crippen molar-refractivity contribution < 1.29 is 0 Å². The molecule has 1 aromatic rings. The average molecular weight is 242 g/mol. The van der Waals surface area contributed by atoms with Crippen LogP contribution >= 0.6 is 23.1 Å². The molecule has 0 radical (unpaired) electrons. The van der Waals surface area contributed by atoms with E-state index in [1.165, 1.54) is 34.9 Å². The van der Waals surface area contributed by atoms with Crippen LogP contribution in [0.1, 0.15) is 41.3 Å². The number of thioether (sulfide) groups is 1. The van der Waals surface area contributed by atoms with Crippen molar-refractivity contribution in [3.8, 4) is 0 Å². The highest BCUT2D eigenvalue weighted by atomic mass is 32.2. The number of thiazole rings is 1. The summed E-state index contributed by atoms with van der Waals surface area (Å²) in [7, 11) is 0. The molecule has 1 fully saturated rings. The van der Waals surface area contributed by atoms with Gasteiger partial charge in [-0.25, -0.2) is 4.98 Å². The number of hydrogen-bond acceptors (Lipinski definition) is 4. The zero-order valence-corrected chi connectivity index (χ0v) is 10.7. The number of aromatic nitrogens is 1. The molecule has 1 aliphatic heterocycles. The lowest BCUT2D eigenvalue weighted by Crippen LogP contribution is -2.16. The molecule has 0 amide bonds. The molecule has 2 heterocycles. The van der Waals surface area contributed by atoms with Crippen LogP contribution in [0.3, 0.4) is 0 Å². The number of hydrogen-bond donors (Lipinski definition) is 1. The maximum atomic E-state index is 5.79. The molecule has 2 unspecified atom stereocenters. The van der Waals surface area contributed by atoms with E-state index in [2.05, 4.69) is 23.7 Å². The first-order valence-electron chi connectivity index (χ1n) is 5.57. The summed E-state index contributed by atoms with van der Waals surface area (Å²) < 4.78 is 0. The first kappa shape index (κ1) is 11.4. The van der Waals surface area contributed by atoms with Gasteiger partial charge in [0.05, 0.1) is 5.25 Å². The van der Waals surface area contributed by atoms with Crippen LogP contribution in [-0.2, 0) is 6.42 Å². The highest BCUT2D eigenvalue weighted by Gasteiger charge is 2.19. The third-order valence-electron chi connectivity index (χ3n) is 2.55. The first-order chi connectivity index (χ1) is 7.25. The van der Waals surface area contributed by atoms with Crippen LogP contribution in [-0.4, -0.2) is 16.8 Å². The van der Waals surface area contributed by atoms with Crippen molar-refractivity contribution in [1.29, 1.82) is 0 Å². The van der Waals surface area contributed by atoms with E-state index in [9.17, 15) is 0 Å². The van der Waals surface area contributed by atoms with Gasteiger partial charge in [-0.2, -0.15) is 11.8 Å². The molecule has 1 saturated heterocycles. The largest absolute Gasteiger partial charge is 0.328 e. The van der Waals surface area contributed by atoms with Gasteiger partial charge in [0.2, 0.25) is 0 Å². The van der Waals surface area contributed by atoms with Gasteiger partial charge in [-0.3, -0.25) is 0 Å². The number of nitrogens with zero attached hydrogens (tertiary/aromatic N) is 1. The number of nitrogens with two attached hydrogens (primary N) is 1. The Morgan fingerprint density at radius 1 is 1.60 bits per heavy atom. The van der Waals surface area contributed by atoms with Crippen molar-refractivity contribution in [2.45, 2.75) is 43.9 Å². The minimum absolute atomic E-state index is 0.248. The summed E-state index contributed by atoms with van der Waals surface area (Å²) in [6.07, 6.45) is 7.02. The summed E-state index contributed by atoms with van der Waals surface area (Å²) in [6.45, 7) is 2.05. The molecule has 1 aromatic heterocycles. The number of rotatable bonds is 3. The molecule has 2 atom stereocenters. The molecule has 0 spiro atoms. The van der Waals surface area contributed by atoms with E-state index in [1.54, 1.807) is 0 Å². The summed E-state index contributed by atoms with van der Waals surface area (Å²) in [5.41, 5.74) is 5.79. The van der Waals surface area contributed by atoms with Crippen LogP contribution in [0, 0.1) is 0 Å². The Labute approximate surface area is 99.7 Å². The Balaban J connectivity index is 1.99. The Morgan fingerprint density at radius 2 is 2.47 bits per heavy atom. The first-order valence-corrected chi connectivity index (χ1v) is 7.44. The van der Waals surface area contributed by atoms with Gasteiger partial charge in [-0.15, -0.1) is 11.3 Å². The monoisotopic (exact) mass is 242 g/mol. The third-order valence-corrected chi connectivity index (χ3v) is 5.22. The van der Waals surface area contributed by atoms with Crippen molar-refractivity contribution in [2.75, 3.05) is 5.75 Å². The minimum atomic E-state index is 0.248. The maximum absolute atomic E-state index is 5.79. The Kier molecular flexibility index (Phi) is 4.05. The van der Waals surface area contributed by atoms with E-state index in [0.29, 0.717) is 5.25 Å². The molecule has 4 heteroatoms. The van der Waals surface area contributed by atoms with Crippen LogP contribution < -0.4 is 5.73 Å². The van der Waals surface area contributed by atoms with Gasteiger partial charge in [0.25, 0.3) is 0 Å². The highest BCUT2D eigenvalue weighted by Crippen LogP contribution is 2.39. The van der Waals surface area contributed by atoms with Crippen LogP contribution in [0.15, 0.2) is 6.20 Å². The molecular weight excluding hydrogens is 224 g/mol. The molecule has 15 heavy (non-hydrogen) atoms. The Morgan fingerprint density at radius 3 is 3.13 bits per heavy atom. The van der Waals surface area contributed by atoms with Gasteiger partial charge in [-0.1, -0.05) is 6.42 Å². The second-order valence-corrected chi connectivity index (χ2v) is 6.66. The lowest BCUT2D eigenvalue weighted by molar-refractivity contribution is 0.683. The van der Waals surface area contributed by atoms with Gasteiger partial charge < -0.3 is 5.73 Å². The fourth-order valence-electron chi connectivity index (χ4n) is 1.82. The molecule has 84 valence electrons. The zero-order valence-electron chi connectivity index (χ0n) is 9.11. The highest BCUT2D eigenvalue weighted by molar-refractivity contribution is 7.99. The van der Waals surface area contributed by atoms with Crippen molar-refractivity contribution in [2.24, 2.45) is 5.73 Å². The van der Waals surface area contributed by atoms with Crippen LogP contribution in [0.4, 0.5) is 0 Å². The minimum Gasteiger partial charge on any atom is -0.328 e. The van der Waals surface area contributed by atoms with Crippen LogP contribution in [0.5, 0.6) is 0 Å². The predicted octanol–water partition coefficient (Wildman–Crippen LogP) is 2.99. The van der Waals surface area contributed by atoms with Crippen molar-refractivity contribution in [3.05, 3.63) is 16.1 Å². The molecular formula is C11H18N2S2. The average Bonchev–Trinajstić information content (AvgIpc) is 2.67. The lowest BCUT2D eigenvalue weighted by Gasteiger charge is -2.18. The summed E-state index contributed by atoms with van der Waals surface area (Å²) >= 11 is 3.92. The second-order valence-electron chi connectivity index (χ2n) is 4.20. The lowest BCUT2D eigenvalue weighted by atomic mass is 10.2. The molecule has 0 saturated carbocycles. The van der Waals surface area contributed by atoms with Gasteiger partial charge in [0.15, 0.2) is 0 Å². The molecule has 2 N–H and O–H groups in total. The topological polar surface area (TPSA) is 38.9 Å². The Hall–Kier alpha value is -0.0600. The van der Waals surface area contributed by atoms with E-state index < -0.39 is 0 Å². The summed E-state index contributed by atoms with van der Waals surface area (Å²) in [5.74, 6) is 1.30. The molecule has 0 aromatic carbocycles. The smallest absolute Gasteiger partial charge is 0.106 e. The van der Waals surface area contributed by atoms with Crippen molar-refractivity contribution in [3.63, 3.8) is 0 Å². The standard InChI is InChI=1S/C11H18N2S2/c1-8(12)6-9-7-13-11(15-9)10-4-2-3-5-14-10/h7-8,10H,2-6,12H2,1H3. The molecule has 0 bridgehead atoms. The van der Waals surface area contributed by atoms with Crippen molar-refractivity contribution >= 4 is 23.1 Å². The third kappa shape index (κ3) is 3.20.